The van der Waals surface area contributed by atoms with Gasteiger partial charge in [-0.3, -0.25) is 14.0 Å². The van der Waals surface area contributed by atoms with Gasteiger partial charge in [0.05, 0.1) is 29.5 Å². The van der Waals surface area contributed by atoms with Crippen LogP contribution in [0.3, 0.4) is 0 Å². The third kappa shape index (κ3) is 5.21. The Morgan fingerprint density at radius 2 is 1.65 bits per heavy atom. The van der Waals surface area contributed by atoms with Crippen molar-refractivity contribution in [2.24, 2.45) is 45.8 Å². The van der Waals surface area contributed by atoms with E-state index in [1.807, 2.05) is 0 Å². The summed E-state index contributed by atoms with van der Waals surface area (Å²) in [5, 5.41) is 13.5. The zero-order valence-electron chi connectivity index (χ0n) is 30.6. The number of nitrogens with zero attached hydrogens (tertiary/aromatic N) is 5. The fourth-order valence-corrected chi connectivity index (χ4v) is 14.8. The van der Waals surface area contributed by atoms with Crippen molar-refractivity contribution in [3.05, 3.63) is 30.1 Å². The summed E-state index contributed by atoms with van der Waals surface area (Å²) in [5.74, 6) is 5.01. The van der Waals surface area contributed by atoms with E-state index < -0.39 is 10.6 Å². The number of anilines is 1. The number of allylic oxidation sites excluding steroid dienone is 1. The monoisotopic (exact) mass is 678 g/mol. The van der Waals surface area contributed by atoms with Crippen LogP contribution >= 0.6 is 10.6 Å². The van der Waals surface area contributed by atoms with Gasteiger partial charge in [0, 0.05) is 43.8 Å². The van der Waals surface area contributed by atoms with Crippen molar-refractivity contribution in [1.82, 2.24) is 20.2 Å². The van der Waals surface area contributed by atoms with E-state index in [2.05, 4.69) is 79.3 Å². The summed E-state index contributed by atoms with van der Waals surface area (Å²) in [7, 11) is -2.36. The summed E-state index contributed by atoms with van der Waals surface area (Å²) in [6, 6.07) is 2.17. The van der Waals surface area contributed by atoms with Gasteiger partial charge in [0.25, 0.3) is 0 Å². The molecule has 0 spiro atoms. The molecule has 3 heterocycles. The van der Waals surface area contributed by atoms with Crippen molar-refractivity contribution in [1.29, 1.82) is 5.26 Å². The van der Waals surface area contributed by atoms with Crippen LogP contribution in [0.25, 0.3) is 0 Å². The van der Waals surface area contributed by atoms with Gasteiger partial charge in [-0.1, -0.05) is 32.9 Å². The van der Waals surface area contributed by atoms with E-state index in [0.717, 1.165) is 38.7 Å². The van der Waals surface area contributed by atoms with Crippen LogP contribution in [0, 0.1) is 57.2 Å². The maximum Gasteiger partial charge on any atom is 0.225 e. The summed E-state index contributed by atoms with van der Waals surface area (Å²) >= 11 is 0. The minimum absolute atomic E-state index is 0.0616. The smallest absolute Gasteiger partial charge is 0.225 e. The van der Waals surface area contributed by atoms with E-state index in [1.165, 1.54) is 63.4 Å². The number of nitrogens with one attached hydrogen (secondary N) is 1. The predicted molar refractivity (Wildman–Crippen MR) is 196 cm³/mol. The van der Waals surface area contributed by atoms with Gasteiger partial charge in [-0.15, -0.1) is 0 Å². The maximum atomic E-state index is 10.1. The molecule has 2 aliphatic heterocycles. The summed E-state index contributed by atoms with van der Waals surface area (Å²) in [4.78, 5) is 14.2. The molecule has 7 rings (SSSR count). The van der Waals surface area contributed by atoms with Gasteiger partial charge in [-0.05, 0) is 124 Å². The standard InChI is InChI=1S/C39H62N6O2S/c1-27(2)29-10-13-39(43-17-19-44-20-22-48(46,47)23-21-44)15-14-37(6)30(33(29)39)8-9-32-36(5)16-18-45(34-41-25-28(24-40)26-42-34)35(3,4)31(36)11-12-38(32,37)7/h25-26,29-33,43,46-47H,1,8-23H2,2-7H3/t29-,30+,31-,32+,33+,36-,37+,38+,39-/m0/s1. The summed E-state index contributed by atoms with van der Waals surface area (Å²) in [5.41, 5.74) is 2.90. The van der Waals surface area contributed by atoms with Gasteiger partial charge in [0.2, 0.25) is 5.95 Å². The molecule has 6 fully saturated rings. The largest absolute Gasteiger partial charge is 0.335 e. The highest BCUT2D eigenvalue weighted by Gasteiger charge is 2.71. The highest BCUT2D eigenvalue weighted by Crippen LogP contribution is 2.75. The Bertz CT molecular complexity index is 1430. The Labute approximate surface area is 291 Å². The molecule has 9 heteroatoms. The Kier molecular flexibility index (Phi) is 8.64. The summed E-state index contributed by atoms with van der Waals surface area (Å²) in [6.45, 7) is 24.4. The normalized spacial score (nSPS) is 44.0. The lowest BCUT2D eigenvalue weighted by molar-refractivity contribution is -0.222. The fourth-order valence-electron chi connectivity index (χ4n) is 13.5. The molecule has 2 saturated heterocycles. The molecule has 6 aliphatic rings. The molecule has 0 bridgehead atoms. The van der Waals surface area contributed by atoms with Gasteiger partial charge in [0.1, 0.15) is 6.07 Å². The van der Waals surface area contributed by atoms with Gasteiger partial charge in [0.15, 0.2) is 0 Å². The van der Waals surface area contributed by atoms with Crippen LogP contribution < -0.4 is 10.2 Å². The molecule has 266 valence electrons. The molecule has 48 heavy (non-hydrogen) atoms. The first-order chi connectivity index (χ1) is 22.6. The van der Waals surface area contributed by atoms with Crippen LogP contribution in [0.15, 0.2) is 24.5 Å². The van der Waals surface area contributed by atoms with Crippen LogP contribution in [0.2, 0.25) is 0 Å². The second-order valence-corrected chi connectivity index (χ2v) is 20.7. The second-order valence-electron chi connectivity index (χ2n) is 18.3. The lowest BCUT2D eigenvalue weighted by Gasteiger charge is -2.73. The third-order valence-corrected chi connectivity index (χ3v) is 17.8. The molecular weight excluding hydrogens is 617 g/mol. The van der Waals surface area contributed by atoms with E-state index in [0.29, 0.717) is 57.5 Å². The minimum atomic E-state index is -2.36. The predicted octanol–water partition coefficient (Wildman–Crippen LogP) is 7.58. The SMILES string of the molecule is C=C(C)[C@@H]1CC[C@]2(NCCN3CCS(O)(O)CC3)CC[C@]3(C)[C@H](CC[C@@H]4[C@@]5(C)CCN(c6ncc(C#N)cn6)C(C)(C)[C@@H]5CC[C@]43C)[C@@H]12. The number of piperidine rings is 1. The van der Waals surface area contributed by atoms with E-state index in [1.54, 1.807) is 12.4 Å². The van der Waals surface area contributed by atoms with Crippen molar-refractivity contribution in [3.8, 4) is 6.07 Å². The van der Waals surface area contributed by atoms with Crippen molar-refractivity contribution < 1.29 is 9.11 Å². The van der Waals surface area contributed by atoms with E-state index in [-0.39, 0.29) is 16.5 Å². The van der Waals surface area contributed by atoms with Crippen molar-refractivity contribution in [3.63, 3.8) is 0 Å². The number of hydrogen-bond donors (Lipinski definition) is 3. The van der Waals surface area contributed by atoms with Crippen molar-refractivity contribution in [2.75, 3.05) is 49.1 Å². The number of nitriles is 1. The Morgan fingerprint density at radius 1 is 0.938 bits per heavy atom. The number of aromatic nitrogens is 2. The number of rotatable bonds is 6. The average Bonchev–Trinajstić information content (AvgIpc) is 3.42. The Balaban J connectivity index is 1.13. The zero-order valence-corrected chi connectivity index (χ0v) is 31.4. The van der Waals surface area contributed by atoms with E-state index in [4.69, 9.17) is 0 Å². The maximum absolute atomic E-state index is 10.1. The highest BCUT2D eigenvalue weighted by molar-refractivity contribution is 8.24. The van der Waals surface area contributed by atoms with Crippen LogP contribution in [0.1, 0.15) is 105 Å². The van der Waals surface area contributed by atoms with E-state index in [9.17, 15) is 14.4 Å². The first kappa shape index (κ1) is 34.7. The Morgan fingerprint density at radius 3 is 2.31 bits per heavy atom. The first-order valence-corrected chi connectivity index (χ1v) is 20.8. The lowest BCUT2D eigenvalue weighted by atomic mass is 9.33. The molecular formula is C39H62N6O2S. The highest BCUT2D eigenvalue weighted by atomic mass is 32.3. The van der Waals surface area contributed by atoms with Crippen LogP contribution in [0.5, 0.6) is 0 Å². The molecule has 0 unspecified atom stereocenters. The minimum Gasteiger partial charge on any atom is -0.335 e. The second kappa shape index (κ2) is 11.9. The molecule has 0 aromatic carbocycles. The molecule has 8 nitrogen and oxygen atoms in total. The van der Waals surface area contributed by atoms with Gasteiger partial charge in [-0.2, -0.15) is 15.9 Å². The van der Waals surface area contributed by atoms with Crippen LogP contribution in [-0.4, -0.2) is 79.3 Å². The Hall–Kier alpha value is -1.70. The topological polar surface area (TPSA) is 109 Å². The average molecular weight is 679 g/mol. The molecule has 4 aliphatic carbocycles. The zero-order chi connectivity index (χ0) is 34.3. The van der Waals surface area contributed by atoms with Gasteiger partial charge in [-0.25, -0.2) is 9.97 Å². The third-order valence-electron chi connectivity index (χ3n) is 16.1. The van der Waals surface area contributed by atoms with Crippen molar-refractivity contribution in [2.45, 2.75) is 110 Å². The van der Waals surface area contributed by atoms with Gasteiger partial charge >= 0.3 is 0 Å². The van der Waals surface area contributed by atoms with Crippen LogP contribution in [0.4, 0.5) is 5.95 Å². The molecule has 0 radical (unpaired) electrons. The molecule has 9 atom stereocenters. The number of fused-ring (bicyclic) bond motifs is 7. The fraction of sp³-hybridized carbons (Fsp3) is 0.821. The molecule has 1 aromatic heterocycles. The molecule has 1 aromatic rings. The van der Waals surface area contributed by atoms with Crippen LogP contribution in [-0.2, 0) is 0 Å². The molecule has 4 saturated carbocycles. The van der Waals surface area contributed by atoms with E-state index >= 15 is 0 Å². The summed E-state index contributed by atoms with van der Waals surface area (Å²) in [6.07, 6.45) is 14.8. The molecule has 3 N–H and O–H groups in total. The van der Waals surface area contributed by atoms with Gasteiger partial charge < -0.3 is 10.2 Å². The van der Waals surface area contributed by atoms with Crippen molar-refractivity contribution >= 4 is 16.5 Å². The number of hydrogen-bond acceptors (Lipinski definition) is 8. The quantitative estimate of drug-likeness (QED) is 0.264. The lowest BCUT2D eigenvalue weighted by Crippen LogP contribution is -2.71. The summed E-state index contributed by atoms with van der Waals surface area (Å²) < 4.78 is 20.2. The molecule has 0 amide bonds. The first-order valence-electron chi connectivity index (χ1n) is 19.0.